The molecule has 0 saturated heterocycles. The highest BCUT2D eigenvalue weighted by Crippen LogP contribution is 2.28. The maximum atomic E-state index is 11.8. The Morgan fingerprint density at radius 2 is 1.48 bits per heavy atom. The number of nitrogens with two attached hydrogens (primary N) is 1. The molecule has 0 fully saturated rings. The van der Waals surface area contributed by atoms with E-state index >= 15 is 0 Å². The number of hydrogen-bond donors (Lipinski definition) is 1. The van der Waals surface area contributed by atoms with E-state index < -0.39 is 6.04 Å². The molecular formula is C18H21NO2. The Morgan fingerprint density at radius 1 is 1.00 bits per heavy atom. The second-order valence-electron chi connectivity index (χ2n) is 4.97. The Kier molecular flexibility index (Phi) is 5.52. The molecular weight excluding hydrogens is 262 g/mol. The van der Waals surface area contributed by atoms with E-state index in [1.54, 1.807) is 6.92 Å². The molecule has 0 amide bonds. The van der Waals surface area contributed by atoms with Crippen LogP contribution in [0.3, 0.4) is 0 Å². The van der Waals surface area contributed by atoms with Gasteiger partial charge in [0, 0.05) is 5.92 Å². The van der Waals surface area contributed by atoms with Gasteiger partial charge in [0.1, 0.15) is 6.04 Å². The van der Waals surface area contributed by atoms with Crippen molar-refractivity contribution in [2.24, 2.45) is 5.73 Å². The molecule has 1 unspecified atom stereocenters. The van der Waals surface area contributed by atoms with E-state index in [0.29, 0.717) is 13.0 Å². The fourth-order valence-electron chi connectivity index (χ4n) is 2.43. The molecule has 2 N–H and O–H groups in total. The van der Waals surface area contributed by atoms with Crippen LogP contribution < -0.4 is 5.73 Å². The van der Waals surface area contributed by atoms with Crippen LogP contribution in [-0.4, -0.2) is 18.6 Å². The molecule has 0 aliphatic heterocycles. The highest BCUT2D eigenvalue weighted by Gasteiger charge is 2.22. The number of esters is 1. The Morgan fingerprint density at radius 3 is 1.90 bits per heavy atom. The van der Waals surface area contributed by atoms with Crippen LogP contribution in [-0.2, 0) is 9.53 Å². The van der Waals surface area contributed by atoms with Crippen molar-refractivity contribution in [1.82, 2.24) is 0 Å². The van der Waals surface area contributed by atoms with Gasteiger partial charge in [0.15, 0.2) is 0 Å². The third-order valence-corrected chi connectivity index (χ3v) is 3.48. The maximum Gasteiger partial charge on any atom is 0.322 e. The second-order valence-corrected chi connectivity index (χ2v) is 4.97. The number of hydrogen-bond acceptors (Lipinski definition) is 3. The smallest absolute Gasteiger partial charge is 0.322 e. The Labute approximate surface area is 125 Å². The first kappa shape index (κ1) is 15.3. The first-order valence-corrected chi connectivity index (χ1v) is 7.24. The third-order valence-electron chi connectivity index (χ3n) is 3.48. The molecule has 2 aromatic rings. The number of carbonyl (C=O) groups excluding carboxylic acids is 1. The average Bonchev–Trinajstić information content (AvgIpc) is 2.54. The van der Waals surface area contributed by atoms with Gasteiger partial charge in [-0.05, 0) is 24.5 Å². The van der Waals surface area contributed by atoms with Gasteiger partial charge < -0.3 is 10.5 Å². The predicted octanol–water partition coefficient (Wildman–Crippen LogP) is 3.10. The van der Waals surface area contributed by atoms with E-state index in [2.05, 4.69) is 24.3 Å². The van der Waals surface area contributed by atoms with E-state index in [0.717, 1.165) is 11.1 Å². The monoisotopic (exact) mass is 283 g/mol. The molecule has 2 aromatic carbocycles. The first-order chi connectivity index (χ1) is 10.2. The van der Waals surface area contributed by atoms with E-state index in [4.69, 9.17) is 10.5 Å². The number of rotatable bonds is 6. The Bertz CT molecular complexity index is 514. The van der Waals surface area contributed by atoms with Crippen molar-refractivity contribution in [3.8, 4) is 0 Å². The lowest BCUT2D eigenvalue weighted by atomic mass is 9.86. The maximum absolute atomic E-state index is 11.8. The summed E-state index contributed by atoms with van der Waals surface area (Å²) >= 11 is 0. The highest BCUT2D eigenvalue weighted by molar-refractivity contribution is 5.75. The fourth-order valence-corrected chi connectivity index (χ4v) is 2.43. The topological polar surface area (TPSA) is 52.3 Å². The molecule has 2 rings (SSSR count). The van der Waals surface area contributed by atoms with Crippen molar-refractivity contribution in [3.63, 3.8) is 0 Å². The van der Waals surface area contributed by atoms with Crippen molar-refractivity contribution in [2.75, 3.05) is 6.61 Å². The van der Waals surface area contributed by atoms with Gasteiger partial charge in [0.2, 0.25) is 0 Å². The van der Waals surface area contributed by atoms with Crippen LogP contribution in [0.25, 0.3) is 0 Å². The summed E-state index contributed by atoms with van der Waals surface area (Å²) in [5.41, 5.74) is 8.32. The largest absolute Gasteiger partial charge is 0.465 e. The standard InChI is InChI=1S/C18H21NO2/c1-2-21-18(20)17(19)13-16(14-9-5-3-6-10-14)15-11-7-4-8-12-15/h3-12,16-17H,2,13,19H2,1H3. The minimum atomic E-state index is -0.615. The molecule has 0 aliphatic rings. The lowest BCUT2D eigenvalue weighted by Gasteiger charge is -2.21. The lowest BCUT2D eigenvalue weighted by molar-refractivity contribution is -0.144. The van der Waals surface area contributed by atoms with Gasteiger partial charge in [-0.1, -0.05) is 60.7 Å². The summed E-state index contributed by atoms with van der Waals surface area (Å²) in [5.74, 6) is -0.249. The van der Waals surface area contributed by atoms with Gasteiger partial charge in [0.05, 0.1) is 6.61 Å². The Hall–Kier alpha value is -2.13. The van der Waals surface area contributed by atoms with Crippen LogP contribution in [0.15, 0.2) is 60.7 Å². The van der Waals surface area contributed by atoms with Crippen molar-refractivity contribution < 1.29 is 9.53 Å². The summed E-state index contributed by atoms with van der Waals surface area (Å²) in [6.07, 6.45) is 0.535. The van der Waals surface area contributed by atoms with Crippen LogP contribution in [0.2, 0.25) is 0 Å². The number of ether oxygens (including phenoxy) is 1. The molecule has 0 aromatic heterocycles. The van der Waals surface area contributed by atoms with Crippen molar-refractivity contribution >= 4 is 5.97 Å². The minimum Gasteiger partial charge on any atom is -0.465 e. The second kappa shape index (κ2) is 7.60. The van der Waals surface area contributed by atoms with Crippen molar-refractivity contribution in [2.45, 2.75) is 25.3 Å². The molecule has 0 saturated carbocycles. The molecule has 0 heterocycles. The first-order valence-electron chi connectivity index (χ1n) is 7.24. The van der Waals surface area contributed by atoms with Crippen molar-refractivity contribution in [1.29, 1.82) is 0 Å². The molecule has 3 nitrogen and oxygen atoms in total. The summed E-state index contributed by atoms with van der Waals surface area (Å²) in [6, 6.07) is 19.6. The zero-order chi connectivity index (χ0) is 15.1. The lowest BCUT2D eigenvalue weighted by Crippen LogP contribution is -2.34. The normalized spacial score (nSPS) is 12.1. The number of benzene rings is 2. The molecule has 3 heteroatoms. The van der Waals surface area contributed by atoms with E-state index in [1.807, 2.05) is 36.4 Å². The zero-order valence-electron chi connectivity index (χ0n) is 12.2. The summed E-state index contributed by atoms with van der Waals surface area (Å²) in [7, 11) is 0. The van der Waals surface area contributed by atoms with Gasteiger partial charge in [0.25, 0.3) is 0 Å². The molecule has 0 aliphatic carbocycles. The number of carbonyl (C=O) groups is 1. The van der Waals surface area contributed by atoms with Crippen LogP contribution in [0.5, 0.6) is 0 Å². The molecule has 0 spiro atoms. The van der Waals surface area contributed by atoms with Crippen LogP contribution in [0, 0.1) is 0 Å². The highest BCUT2D eigenvalue weighted by atomic mass is 16.5. The van der Waals surface area contributed by atoms with Gasteiger partial charge in [-0.25, -0.2) is 0 Å². The van der Waals surface area contributed by atoms with E-state index in [1.165, 1.54) is 0 Å². The van der Waals surface area contributed by atoms with Gasteiger partial charge >= 0.3 is 5.97 Å². The van der Waals surface area contributed by atoms with Gasteiger partial charge in [-0.3, -0.25) is 4.79 Å². The van der Waals surface area contributed by atoms with Crippen molar-refractivity contribution in [3.05, 3.63) is 71.8 Å². The summed E-state index contributed by atoms with van der Waals surface area (Å²) in [5, 5.41) is 0. The fraction of sp³-hybridized carbons (Fsp3) is 0.278. The molecule has 110 valence electrons. The quantitative estimate of drug-likeness (QED) is 0.829. The molecule has 1 atom stereocenters. The minimum absolute atomic E-state index is 0.0896. The molecule has 0 radical (unpaired) electrons. The van der Waals surface area contributed by atoms with Crippen LogP contribution in [0.4, 0.5) is 0 Å². The summed E-state index contributed by atoms with van der Waals surface area (Å²) < 4.78 is 5.01. The zero-order valence-corrected chi connectivity index (χ0v) is 12.2. The van der Waals surface area contributed by atoms with Gasteiger partial charge in [-0.2, -0.15) is 0 Å². The predicted molar refractivity (Wildman–Crippen MR) is 84.0 cm³/mol. The summed E-state index contributed by atoms with van der Waals surface area (Å²) in [4.78, 5) is 11.8. The SMILES string of the molecule is CCOC(=O)C(N)CC(c1ccccc1)c1ccccc1. The third kappa shape index (κ3) is 4.17. The van der Waals surface area contributed by atoms with Crippen LogP contribution in [0.1, 0.15) is 30.4 Å². The average molecular weight is 283 g/mol. The molecule has 21 heavy (non-hydrogen) atoms. The Balaban J connectivity index is 2.23. The molecule has 0 bridgehead atoms. The van der Waals surface area contributed by atoms with E-state index in [-0.39, 0.29) is 11.9 Å². The summed E-state index contributed by atoms with van der Waals surface area (Å²) in [6.45, 7) is 2.14. The van der Waals surface area contributed by atoms with E-state index in [9.17, 15) is 4.79 Å². The van der Waals surface area contributed by atoms with Gasteiger partial charge in [-0.15, -0.1) is 0 Å². The van der Waals surface area contributed by atoms with Crippen LogP contribution >= 0.6 is 0 Å².